The summed E-state index contributed by atoms with van der Waals surface area (Å²) in [5.74, 6) is 0.563. The standard InChI is InChI=1S/C21H23N3O2/c1-15-9-10-19(16(2)13-15)17(3)22-21(25)20-11-12-24(23-20)14-26-18-7-5-4-6-8-18/h4-13,17H,14H2,1-3H3,(H,22,25)/t17-/m1/s1. The van der Waals surface area contributed by atoms with Crippen molar-refractivity contribution < 1.29 is 9.53 Å². The molecule has 3 aromatic rings. The molecule has 1 atom stereocenters. The number of nitrogens with one attached hydrogen (secondary N) is 1. The maximum atomic E-state index is 12.5. The fourth-order valence-electron chi connectivity index (χ4n) is 2.87. The highest BCUT2D eigenvalue weighted by Gasteiger charge is 2.15. The third-order valence-electron chi connectivity index (χ3n) is 4.22. The van der Waals surface area contributed by atoms with Gasteiger partial charge in [-0.2, -0.15) is 5.10 Å². The summed E-state index contributed by atoms with van der Waals surface area (Å²) in [5, 5.41) is 7.29. The van der Waals surface area contributed by atoms with E-state index in [1.54, 1.807) is 16.9 Å². The number of amides is 1. The molecule has 0 bridgehead atoms. The minimum absolute atomic E-state index is 0.0891. The molecule has 0 aliphatic rings. The van der Waals surface area contributed by atoms with Crippen molar-refractivity contribution in [2.24, 2.45) is 0 Å². The van der Waals surface area contributed by atoms with E-state index >= 15 is 0 Å². The maximum absolute atomic E-state index is 12.5. The normalized spacial score (nSPS) is 11.8. The van der Waals surface area contributed by atoms with Gasteiger partial charge in [0.1, 0.15) is 11.4 Å². The largest absolute Gasteiger partial charge is 0.471 e. The maximum Gasteiger partial charge on any atom is 0.272 e. The van der Waals surface area contributed by atoms with Crippen LogP contribution in [0.25, 0.3) is 0 Å². The number of hydrogen-bond acceptors (Lipinski definition) is 3. The first-order chi connectivity index (χ1) is 12.5. The molecule has 0 unspecified atom stereocenters. The van der Waals surface area contributed by atoms with Crippen molar-refractivity contribution in [1.82, 2.24) is 15.1 Å². The zero-order valence-corrected chi connectivity index (χ0v) is 15.3. The Balaban J connectivity index is 1.60. The Hall–Kier alpha value is -3.08. The third-order valence-corrected chi connectivity index (χ3v) is 4.22. The van der Waals surface area contributed by atoms with Crippen LogP contribution < -0.4 is 10.1 Å². The zero-order valence-electron chi connectivity index (χ0n) is 15.3. The molecule has 1 N–H and O–H groups in total. The first-order valence-electron chi connectivity index (χ1n) is 8.62. The second kappa shape index (κ2) is 7.87. The summed E-state index contributed by atoms with van der Waals surface area (Å²) in [6.45, 7) is 6.35. The number of carbonyl (C=O) groups is 1. The number of rotatable bonds is 6. The molecule has 0 radical (unpaired) electrons. The van der Waals surface area contributed by atoms with Crippen molar-refractivity contribution in [2.45, 2.75) is 33.5 Å². The first kappa shape index (κ1) is 17.7. The second-order valence-corrected chi connectivity index (χ2v) is 6.38. The van der Waals surface area contributed by atoms with Crippen LogP contribution in [0.15, 0.2) is 60.8 Å². The number of nitrogens with zero attached hydrogens (tertiary/aromatic N) is 2. The van der Waals surface area contributed by atoms with E-state index in [1.807, 2.05) is 37.3 Å². The van der Waals surface area contributed by atoms with E-state index in [9.17, 15) is 4.79 Å². The fourth-order valence-corrected chi connectivity index (χ4v) is 2.87. The summed E-state index contributed by atoms with van der Waals surface area (Å²) in [6, 6.07) is 17.3. The molecule has 3 rings (SSSR count). The van der Waals surface area contributed by atoms with Crippen LogP contribution in [0.4, 0.5) is 0 Å². The van der Waals surface area contributed by atoms with Crippen LogP contribution in [0.1, 0.15) is 40.1 Å². The summed E-state index contributed by atoms with van der Waals surface area (Å²) >= 11 is 0. The Kier molecular flexibility index (Phi) is 5.37. The average molecular weight is 349 g/mol. The lowest BCUT2D eigenvalue weighted by molar-refractivity contribution is 0.0932. The molecule has 0 spiro atoms. The van der Waals surface area contributed by atoms with E-state index in [2.05, 4.69) is 42.5 Å². The summed E-state index contributed by atoms with van der Waals surface area (Å²) in [6.07, 6.45) is 1.74. The summed E-state index contributed by atoms with van der Waals surface area (Å²) < 4.78 is 7.23. The minimum atomic E-state index is -0.198. The van der Waals surface area contributed by atoms with Crippen molar-refractivity contribution in [1.29, 1.82) is 0 Å². The first-order valence-corrected chi connectivity index (χ1v) is 8.62. The second-order valence-electron chi connectivity index (χ2n) is 6.38. The van der Waals surface area contributed by atoms with Crippen molar-refractivity contribution in [3.63, 3.8) is 0 Å². The van der Waals surface area contributed by atoms with E-state index in [-0.39, 0.29) is 18.7 Å². The number of benzene rings is 2. The summed E-state index contributed by atoms with van der Waals surface area (Å²) in [7, 11) is 0. The van der Waals surface area contributed by atoms with E-state index in [1.165, 1.54) is 11.1 Å². The van der Waals surface area contributed by atoms with Gasteiger partial charge in [-0.3, -0.25) is 4.79 Å². The van der Waals surface area contributed by atoms with Crippen LogP contribution >= 0.6 is 0 Å². The van der Waals surface area contributed by atoms with Gasteiger partial charge in [-0.05, 0) is 50.1 Å². The predicted octanol–water partition coefficient (Wildman–Crippen LogP) is 4.03. The highest BCUT2D eigenvalue weighted by atomic mass is 16.5. The van der Waals surface area contributed by atoms with Gasteiger partial charge in [0.25, 0.3) is 5.91 Å². The highest BCUT2D eigenvalue weighted by Crippen LogP contribution is 2.19. The lowest BCUT2D eigenvalue weighted by Crippen LogP contribution is -2.27. The minimum Gasteiger partial charge on any atom is -0.471 e. The van der Waals surface area contributed by atoms with Crippen LogP contribution in [0.3, 0.4) is 0 Å². The number of aromatic nitrogens is 2. The Labute approximate surface area is 153 Å². The molecule has 26 heavy (non-hydrogen) atoms. The molecule has 0 fully saturated rings. The highest BCUT2D eigenvalue weighted by molar-refractivity contribution is 5.92. The van der Waals surface area contributed by atoms with Gasteiger partial charge in [0.15, 0.2) is 6.73 Å². The average Bonchev–Trinajstić information content (AvgIpc) is 3.10. The molecule has 1 aromatic heterocycles. The number of carbonyl (C=O) groups excluding carboxylic acids is 1. The molecule has 0 aliphatic carbocycles. The van der Waals surface area contributed by atoms with Crippen molar-refractivity contribution in [3.8, 4) is 5.75 Å². The fraction of sp³-hybridized carbons (Fsp3) is 0.238. The lowest BCUT2D eigenvalue weighted by atomic mass is 10.0. The van der Waals surface area contributed by atoms with Gasteiger partial charge in [-0.1, -0.05) is 42.0 Å². The van der Waals surface area contributed by atoms with Crippen LogP contribution in [0, 0.1) is 13.8 Å². The van der Waals surface area contributed by atoms with Crippen LogP contribution in [-0.2, 0) is 6.73 Å². The molecule has 5 nitrogen and oxygen atoms in total. The van der Waals surface area contributed by atoms with Gasteiger partial charge in [0.05, 0.1) is 6.04 Å². The number of hydrogen-bond donors (Lipinski definition) is 1. The van der Waals surface area contributed by atoms with Crippen molar-refractivity contribution in [3.05, 3.63) is 83.2 Å². The predicted molar refractivity (Wildman–Crippen MR) is 101 cm³/mol. The summed E-state index contributed by atoms with van der Waals surface area (Å²) in [4.78, 5) is 12.5. The Morgan fingerprint density at radius 2 is 1.92 bits per heavy atom. The topological polar surface area (TPSA) is 56.2 Å². The monoisotopic (exact) mass is 349 g/mol. The molecular weight excluding hydrogens is 326 g/mol. The molecule has 1 amide bonds. The van der Waals surface area contributed by atoms with Gasteiger partial charge in [-0.25, -0.2) is 4.68 Å². The molecule has 2 aromatic carbocycles. The molecule has 0 saturated carbocycles. The molecule has 1 heterocycles. The Bertz CT molecular complexity index is 887. The zero-order chi connectivity index (χ0) is 18.5. The van der Waals surface area contributed by atoms with Gasteiger partial charge >= 0.3 is 0 Å². The van der Waals surface area contributed by atoms with Gasteiger partial charge in [-0.15, -0.1) is 0 Å². The van der Waals surface area contributed by atoms with Gasteiger partial charge in [0, 0.05) is 6.20 Å². The molecule has 0 aliphatic heterocycles. The number of ether oxygens (including phenoxy) is 1. The smallest absolute Gasteiger partial charge is 0.272 e. The molecule has 134 valence electrons. The lowest BCUT2D eigenvalue weighted by Gasteiger charge is -2.16. The van der Waals surface area contributed by atoms with E-state index < -0.39 is 0 Å². The van der Waals surface area contributed by atoms with E-state index in [0.717, 1.165) is 11.3 Å². The van der Waals surface area contributed by atoms with E-state index in [0.29, 0.717) is 5.69 Å². The number of aryl methyl sites for hydroxylation is 2. The van der Waals surface area contributed by atoms with Gasteiger partial charge in [0.2, 0.25) is 0 Å². The molecular formula is C21H23N3O2. The Morgan fingerprint density at radius 1 is 1.15 bits per heavy atom. The van der Waals surface area contributed by atoms with Crippen LogP contribution in [0.2, 0.25) is 0 Å². The van der Waals surface area contributed by atoms with Crippen molar-refractivity contribution >= 4 is 5.91 Å². The quantitative estimate of drug-likeness (QED) is 0.731. The third kappa shape index (κ3) is 4.30. The van der Waals surface area contributed by atoms with Crippen molar-refractivity contribution in [2.75, 3.05) is 0 Å². The SMILES string of the molecule is Cc1ccc([C@@H](C)NC(=O)c2ccn(COc3ccccc3)n2)c(C)c1. The molecule has 0 saturated heterocycles. The summed E-state index contributed by atoms with van der Waals surface area (Å²) in [5.41, 5.74) is 3.86. The number of para-hydroxylation sites is 1. The van der Waals surface area contributed by atoms with Gasteiger partial charge < -0.3 is 10.1 Å². The van der Waals surface area contributed by atoms with Crippen LogP contribution in [-0.4, -0.2) is 15.7 Å². The van der Waals surface area contributed by atoms with E-state index in [4.69, 9.17) is 4.74 Å². The van der Waals surface area contributed by atoms with Crippen LogP contribution in [0.5, 0.6) is 5.75 Å². The molecule has 5 heteroatoms. The Morgan fingerprint density at radius 3 is 2.65 bits per heavy atom.